The zero-order valence-electron chi connectivity index (χ0n) is 17.3. The van der Waals surface area contributed by atoms with Gasteiger partial charge in [-0.15, -0.1) is 5.73 Å². The van der Waals surface area contributed by atoms with Crippen molar-refractivity contribution in [1.82, 2.24) is 9.97 Å². The van der Waals surface area contributed by atoms with Crippen LogP contribution in [-0.2, 0) is 18.3 Å². The van der Waals surface area contributed by atoms with Gasteiger partial charge in [0.2, 0.25) is 5.95 Å². The van der Waals surface area contributed by atoms with Crippen molar-refractivity contribution in [3.8, 4) is 0 Å². The largest absolute Gasteiger partial charge is 0.368 e. The van der Waals surface area contributed by atoms with Crippen molar-refractivity contribution in [3.63, 3.8) is 0 Å². The third kappa shape index (κ3) is 4.77. The minimum absolute atomic E-state index is 0.0107. The molecule has 2 unspecified atom stereocenters. The summed E-state index contributed by atoms with van der Waals surface area (Å²) in [5.74, 6) is 1.72. The Bertz CT molecular complexity index is 916. The van der Waals surface area contributed by atoms with Crippen molar-refractivity contribution < 1.29 is 18.3 Å². The molecule has 10 heteroatoms. The van der Waals surface area contributed by atoms with Crippen LogP contribution in [0.1, 0.15) is 38.7 Å². The number of anilines is 3. The maximum absolute atomic E-state index is 12.6. The Morgan fingerprint density at radius 1 is 1.27 bits per heavy atom. The molecular weight excluding hydrogens is 405 g/mol. The van der Waals surface area contributed by atoms with Crippen LogP contribution >= 0.6 is 7.60 Å². The van der Waals surface area contributed by atoms with E-state index >= 15 is 0 Å². The number of ether oxygens (including phenoxy) is 1. The normalized spacial score (nSPS) is 22.5. The van der Waals surface area contributed by atoms with Gasteiger partial charge in [-0.05, 0) is 32.8 Å². The Hall–Kier alpha value is -2.15. The summed E-state index contributed by atoms with van der Waals surface area (Å²) in [6, 6.07) is 0.461. The molecule has 0 spiro atoms. The van der Waals surface area contributed by atoms with Crippen LogP contribution in [-0.4, -0.2) is 47.7 Å². The summed E-state index contributed by atoms with van der Waals surface area (Å²) < 4.78 is 29.1. The number of nitrogens with one attached hydrogen (secondary N) is 1. The summed E-state index contributed by atoms with van der Waals surface area (Å²) in [4.78, 5) is 10.9. The summed E-state index contributed by atoms with van der Waals surface area (Å²) in [7, 11) is -3.24. The van der Waals surface area contributed by atoms with Gasteiger partial charge in [0.05, 0.1) is 30.9 Å². The summed E-state index contributed by atoms with van der Waals surface area (Å²) in [6.45, 7) is 4.18. The highest BCUT2D eigenvalue weighted by Gasteiger charge is 2.32. The van der Waals surface area contributed by atoms with Crippen LogP contribution in [0.4, 0.5) is 17.6 Å². The lowest BCUT2D eigenvalue weighted by atomic mass is 10.1. The first-order valence-electron chi connectivity index (χ1n) is 10.3. The number of nitrogens with two attached hydrogens (primary N) is 1. The molecule has 0 saturated heterocycles. The van der Waals surface area contributed by atoms with Crippen LogP contribution in [0.5, 0.6) is 0 Å². The highest BCUT2D eigenvalue weighted by Crippen LogP contribution is 2.48. The number of hydrogen-bond donors (Lipinski definition) is 2. The fraction of sp³-hybridized carbons (Fsp3) is 0.550. The molecule has 0 aromatic carbocycles. The number of nitrogens with zero attached hydrogens (tertiary/aromatic N) is 3. The molecule has 4 rings (SSSR count). The minimum atomic E-state index is -3.24. The molecule has 1 saturated carbocycles. The Morgan fingerprint density at radius 2 is 2.03 bits per heavy atom. The standard InChI is InChI=1S/C20H28N5O4P/c1-3-28-30(26,29-4-2)13-27-16-10-9-15(12-16)25-11-5-6-17-18(22-14-7-8-14)23-20(21)24-19(17)25/h6,9-11,14-16H,3-4,7-8,12-13H2,1-2H3,(H3,21,22,23,24). The molecule has 2 aliphatic carbocycles. The van der Waals surface area contributed by atoms with E-state index in [1.54, 1.807) is 13.8 Å². The quantitative estimate of drug-likeness (QED) is 0.325. The molecule has 9 nitrogen and oxygen atoms in total. The van der Waals surface area contributed by atoms with E-state index in [4.69, 9.17) is 19.5 Å². The van der Waals surface area contributed by atoms with Gasteiger partial charge < -0.3 is 29.7 Å². The molecule has 2 heterocycles. The maximum atomic E-state index is 12.6. The van der Waals surface area contributed by atoms with Gasteiger partial charge in [0, 0.05) is 18.7 Å². The number of aromatic nitrogens is 2. The average Bonchev–Trinajstić information content (AvgIpc) is 3.40. The first kappa shape index (κ1) is 21.1. The van der Waals surface area contributed by atoms with Crippen LogP contribution in [0.3, 0.4) is 0 Å². The SMILES string of the molecule is CCOP(=O)(COC1C=CC(N2C=C=Cc3c(NC4CC4)nc(N)nc32)C1)OCC. The molecule has 1 aliphatic heterocycles. The number of nitrogen functional groups attached to an aromatic ring is 1. The van der Waals surface area contributed by atoms with Crippen molar-refractivity contribution in [2.45, 2.75) is 51.3 Å². The third-order valence-corrected chi connectivity index (χ3v) is 6.79. The summed E-state index contributed by atoms with van der Waals surface area (Å²) in [5, 5.41) is 3.42. The molecule has 162 valence electrons. The van der Waals surface area contributed by atoms with Gasteiger partial charge in [-0.2, -0.15) is 9.97 Å². The molecule has 1 aromatic rings. The van der Waals surface area contributed by atoms with Gasteiger partial charge in [0.15, 0.2) is 0 Å². The van der Waals surface area contributed by atoms with E-state index in [1.165, 1.54) is 0 Å². The topological polar surface area (TPSA) is 112 Å². The predicted octanol–water partition coefficient (Wildman–Crippen LogP) is 3.52. The molecule has 3 N–H and O–H groups in total. The monoisotopic (exact) mass is 433 g/mol. The molecular formula is C20H28N5O4P. The van der Waals surface area contributed by atoms with Gasteiger partial charge in [0.25, 0.3) is 0 Å². The summed E-state index contributed by atoms with van der Waals surface area (Å²) >= 11 is 0. The Morgan fingerprint density at radius 3 is 2.73 bits per heavy atom. The second-order valence-electron chi connectivity index (χ2n) is 7.40. The third-order valence-electron chi connectivity index (χ3n) is 5.02. The van der Waals surface area contributed by atoms with Crippen LogP contribution in [0, 0.1) is 0 Å². The highest BCUT2D eigenvalue weighted by atomic mass is 31.2. The van der Waals surface area contributed by atoms with Crippen LogP contribution < -0.4 is 16.0 Å². The van der Waals surface area contributed by atoms with Crippen LogP contribution in [0.25, 0.3) is 6.08 Å². The van der Waals surface area contributed by atoms with Crippen molar-refractivity contribution in [1.29, 1.82) is 0 Å². The minimum Gasteiger partial charge on any atom is -0.368 e. The van der Waals surface area contributed by atoms with E-state index in [0.29, 0.717) is 25.7 Å². The van der Waals surface area contributed by atoms with E-state index in [1.807, 2.05) is 23.3 Å². The number of fused-ring (bicyclic) bond motifs is 1. The first-order chi connectivity index (χ1) is 14.5. The zero-order chi connectivity index (χ0) is 21.1. The van der Waals surface area contributed by atoms with Gasteiger partial charge in [-0.25, -0.2) is 0 Å². The molecule has 0 bridgehead atoms. The van der Waals surface area contributed by atoms with Crippen molar-refractivity contribution in [2.24, 2.45) is 0 Å². The Kier molecular flexibility index (Phi) is 6.27. The molecule has 0 amide bonds. The van der Waals surface area contributed by atoms with E-state index < -0.39 is 7.60 Å². The fourth-order valence-corrected chi connectivity index (χ4v) is 4.90. The molecule has 1 fully saturated rings. The number of hydrogen-bond acceptors (Lipinski definition) is 9. The Balaban J connectivity index is 1.44. The summed E-state index contributed by atoms with van der Waals surface area (Å²) in [6.07, 6.45) is 10.4. The second-order valence-corrected chi connectivity index (χ2v) is 9.40. The van der Waals surface area contributed by atoms with Gasteiger partial charge >= 0.3 is 7.60 Å². The van der Waals surface area contributed by atoms with Gasteiger partial charge in [-0.1, -0.05) is 12.2 Å². The second kappa shape index (κ2) is 8.92. The van der Waals surface area contributed by atoms with E-state index in [-0.39, 0.29) is 24.4 Å². The van der Waals surface area contributed by atoms with Crippen LogP contribution in [0.15, 0.2) is 24.1 Å². The van der Waals surface area contributed by atoms with Crippen molar-refractivity contribution in [3.05, 3.63) is 29.6 Å². The van der Waals surface area contributed by atoms with Crippen molar-refractivity contribution >= 4 is 31.3 Å². The molecule has 0 radical (unpaired) electrons. The van der Waals surface area contributed by atoms with Crippen molar-refractivity contribution in [2.75, 3.05) is 35.5 Å². The lowest BCUT2D eigenvalue weighted by Crippen LogP contribution is -2.32. The van der Waals surface area contributed by atoms with E-state index in [0.717, 1.165) is 30.0 Å². The lowest BCUT2D eigenvalue weighted by molar-refractivity contribution is 0.0926. The molecule has 2 atom stereocenters. The van der Waals surface area contributed by atoms with E-state index in [9.17, 15) is 4.57 Å². The molecule has 1 aromatic heterocycles. The lowest BCUT2D eigenvalue weighted by Gasteiger charge is -2.29. The highest BCUT2D eigenvalue weighted by molar-refractivity contribution is 7.53. The van der Waals surface area contributed by atoms with E-state index in [2.05, 4.69) is 27.1 Å². The Labute approximate surface area is 176 Å². The number of rotatable bonds is 10. The first-order valence-corrected chi connectivity index (χ1v) is 12.1. The summed E-state index contributed by atoms with van der Waals surface area (Å²) in [5.41, 5.74) is 10.0. The van der Waals surface area contributed by atoms with Gasteiger partial charge in [0.1, 0.15) is 18.0 Å². The predicted molar refractivity (Wildman–Crippen MR) is 116 cm³/mol. The average molecular weight is 433 g/mol. The molecule has 30 heavy (non-hydrogen) atoms. The smallest absolute Gasteiger partial charge is 0.356 e. The van der Waals surface area contributed by atoms with Crippen LogP contribution in [0.2, 0.25) is 0 Å². The fourth-order valence-electron chi connectivity index (χ4n) is 3.52. The zero-order valence-corrected chi connectivity index (χ0v) is 18.2. The molecule has 3 aliphatic rings. The van der Waals surface area contributed by atoms with Gasteiger partial charge in [-0.3, -0.25) is 4.57 Å². The maximum Gasteiger partial charge on any atom is 0.356 e.